The molecule has 0 saturated carbocycles. The minimum Gasteiger partial charge on any atom is -0.493 e. The van der Waals surface area contributed by atoms with Crippen LogP contribution in [-0.4, -0.2) is 32.1 Å². The molecule has 0 aliphatic heterocycles. The molecule has 0 spiro atoms. The van der Waals surface area contributed by atoms with E-state index in [1.54, 1.807) is 48.5 Å². The Balaban J connectivity index is 1.80. The first-order chi connectivity index (χ1) is 13.4. The van der Waals surface area contributed by atoms with Crippen LogP contribution in [0.25, 0.3) is 5.69 Å². The second-order valence-corrected chi connectivity index (χ2v) is 6.82. The van der Waals surface area contributed by atoms with Crippen molar-refractivity contribution in [2.45, 2.75) is 12.1 Å². The Bertz CT molecular complexity index is 1060. The first-order valence-corrected chi connectivity index (χ1v) is 9.35. The number of nitrogens with zero attached hydrogens (tertiary/aromatic N) is 2. The normalized spacial score (nSPS) is 10.5. The van der Waals surface area contributed by atoms with E-state index in [0.717, 1.165) is 17.8 Å². The number of thioether (sulfide) groups is 1. The van der Waals surface area contributed by atoms with Crippen LogP contribution in [0.1, 0.15) is 17.3 Å². The standard InChI is InChI=1S/C20H17N3O4S/c1-13(24)21-15-9-7-14(8-10-15)17(25)12-28-20-22-18(26)11-19(27)23(20)16-5-3-2-4-6-16/h2-11,26H,12H2,1H3,(H,21,24). The molecule has 7 nitrogen and oxygen atoms in total. The molecule has 0 saturated heterocycles. The molecule has 0 atom stereocenters. The Morgan fingerprint density at radius 1 is 1.11 bits per heavy atom. The molecule has 0 bridgehead atoms. The third-order valence-corrected chi connectivity index (χ3v) is 4.69. The number of benzene rings is 2. The molecule has 3 rings (SSSR count). The van der Waals surface area contributed by atoms with Gasteiger partial charge in [0.15, 0.2) is 10.9 Å². The summed E-state index contributed by atoms with van der Waals surface area (Å²) >= 11 is 1.06. The molecule has 8 heteroatoms. The number of carbonyl (C=O) groups excluding carboxylic acids is 2. The summed E-state index contributed by atoms with van der Waals surface area (Å²) in [5.41, 5.74) is 1.22. The largest absolute Gasteiger partial charge is 0.493 e. The van der Waals surface area contributed by atoms with Crippen LogP contribution in [0.4, 0.5) is 5.69 Å². The monoisotopic (exact) mass is 395 g/mol. The predicted octanol–water partition coefficient (Wildman–Crippen LogP) is 2.87. The SMILES string of the molecule is CC(=O)Nc1ccc(C(=O)CSc2nc(O)cc(=O)n2-c2ccccc2)cc1. The summed E-state index contributed by atoms with van der Waals surface area (Å²) < 4.78 is 1.34. The second kappa shape index (κ2) is 8.53. The van der Waals surface area contributed by atoms with Crippen molar-refractivity contribution in [2.75, 3.05) is 11.1 Å². The van der Waals surface area contributed by atoms with Crippen LogP contribution in [0.15, 0.2) is 70.6 Å². The number of carbonyl (C=O) groups is 2. The van der Waals surface area contributed by atoms with Crippen molar-refractivity contribution in [3.05, 3.63) is 76.6 Å². The summed E-state index contributed by atoms with van der Waals surface area (Å²) in [7, 11) is 0. The minimum absolute atomic E-state index is 0.0300. The highest BCUT2D eigenvalue weighted by Crippen LogP contribution is 2.21. The summed E-state index contributed by atoms with van der Waals surface area (Å²) in [6.45, 7) is 1.41. The van der Waals surface area contributed by atoms with Gasteiger partial charge in [0.25, 0.3) is 5.56 Å². The maximum atomic E-state index is 12.5. The molecule has 2 aromatic carbocycles. The van der Waals surface area contributed by atoms with E-state index in [1.807, 2.05) is 6.07 Å². The first-order valence-electron chi connectivity index (χ1n) is 8.36. The molecule has 28 heavy (non-hydrogen) atoms. The summed E-state index contributed by atoms with van der Waals surface area (Å²) in [5.74, 6) is -0.728. The molecule has 0 unspecified atom stereocenters. The topological polar surface area (TPSA) is 101 Å². The highest BCUT2D eigenvalue weighted by Gasteiger charge is 2.14. The van der Waals surface area contributed by atoms with Crippen molar-refractivity contribution >= 4 is 29.1 Å². The van der Waals surface area contributed by atoms with Gasteiger partial charge in [0.2, 0.25) is 11.8 Å². The maximum absolute atomic E-state index is 12.5. The van der Waals surface area contributed by atoms with E-state index in [1.165, 1.54) is 11.5 Å². The zero-order valence-electron chi connectivity index (χ0n) is 15.0. The molecule has 1 amide bonds. The highest BCUT2D eigenvalue weighted by atomic mass is 32.2. The van der Waals surface area contributed by atoms with E-state index >= 15 is 0 Å². The molecule has 1 aromatic heterocycles. The van der Waals surface area contributed by atoms with Gasteiger partial charge in [0.1, 0.15) is 0 Å². The molecule has 3 aromatic rings. The van der Waals surface area contributed by atoms with Crippen LogP contribution >= 0.6 is 11.8 Å². The van der Waals surface area contributed by atoms with Crippen molar-refractivity contribution in [2.24, 2.45) is 0 Å². The number of rotatable bonds is 6. The van der Waals surface area contributed by atoms with Gasteiger partial charge in [-0.1, -0.05) is 30.0 Å². The van der Waals surface area contributed by atoms with E-state index in [0.29, 0.717) is 16.9 Å². The lowest BCUT2D eigenvalue weighted by molar-refractivity contribution is -0.114. The Morgan fingerprint density at radius 3 is 2.43 bits per heavy atom. The number of Topliss-reactive ketones (excluding diaryl/α,β-unsaturated/α-hetero) is 1. The van der Waals surface area contributed by atoms with E-state index in [9.17, 15) is 19.5 Å². The molecular weight excluding hydrogens is 378 g/mol. The van der Waals surface area contributed by atoms with Gasteiger partial charge in [-0.25, -0.2) is 0 Å². The zero-order valence-corrected chi connectivity index (χ0v) is 15.8. The molecule has 0 aliphatic carbocycles. The third kappa shape index (κ3) is 4.66. The quantitative estimate of drug-likeness (QED) is 0.378. The molecule has 0 aliphatic rings. The van der Waals surface area contributed by atoms with Gasteiger partial charge in [-0.2, -0.15) is 4.98 Å². The predicted molar refractivity (Wildman–Crippen MR) is 107 cm³/mol. The number of para-hydroxylation sites is 1. The molecule has 0 radical (unpaired) electrons. The Kier molecular flexibility index (Phi) is 5.90. The van der Waals surface area contributed by atoms with Gasteiger partial charge in [0, 0.05) is 18.2 Å². The highest BCUT2D eigenvalue weighted by molar-refractivity contribution is 7.99. The number of anilines is 1. The number of nitrogens with one attached hydrogen (secondary N) is 1. The van der Waals surface area contributed by atoms with Gasteiger partial charge in [-0.05, 0) is 36.4 Å². The van der Waals surface area contributed by atoms with Crippen LogP contribution < -0.4 is 10.9 Å². The molecule has 0 fully saturated rings. The van der Waals surface area contributed by atoms with Gasteiger partial charge >= 0.3 is 0 Å². The lowest BCUT2D eigenvalue weighted by Crippen LogP contribution is -2.20. The van der Waals surface area contributed by atoms with Gasteiger partial charge in [-0.15, -0.1) is 0 Å². The van der Waals surface area contributed by atoms with E-state index in [-0.39, 0.29) is 22.6 Å². The molecular formula is C20H17N3O4S. The Hall–Kier alpha value is -3.39. The van der Waals surface area contributed by atoms with E-state index in [4.69, 9.17) is 0 Å². The Morgan fingerprint density at radius 2 is 1.79 bits per heavy atom. The van der Waals surface area contributed by atoms with Crippen molar-refractivity contribution in [3.63, 3.8) is 0 Å². The molecule has 1 heterocycles. The molecule has 142 valence electrons. The number of aromatic hydroxyl groups is 1. The van der Waals surface area contributed by atoms with Crippen LogP contribution in [0.3, 0.4) is 0 Å². The third-order valence-electron chi connectivity index (χ3n) is 3.75. The summed E-state index contributed by atoms with van der Waals surface area (Å²) in [6, 6.07) is 16.4. The van der Waals surface area contributed by atoms with Crippen molar-refractivity contribution in [1.29, 1.82) is 0 Å². The van der Waals surface area contributed by atoms with Crippen LogP contribution in [0.5, 0.6) is 5.88 Å². The number of ketones is 1. The number of hydrogen-bond acceptors (Lipinski definition) is 6. The van der Waals surface area contributed by atoms with Crippen molar-refractivity contribution in [1.82, 2.24) is 9.55 Å². The fourth-order valence-electron chi connectivity index (χ4n) is 2.52. The number of hydrogen-bond donors (Lipinski definition) is 2. The fraction of sp³-hybridized carbons (Fsp3) is 0.100. The number of aromatic nitrogens is 2. The second-order valence-electron chi connectivity index (χ2n) is 5.88. The van der Waals surface area contributed by atoms with E-state index < -0.39 is 11.4 Å². The van der Waals surface area contributed by atoms with Gasteiger partial charge in [-0.3, -0.25) is 19.0 Å². The summed E-state index contributed by atoms with van der Waals surface area (Å²) in [6.07, 6.45) is 0. The lowest BCUT2D eigenvalue weighted by atomic mass is 10.1. The molecule has 2 N–H and O–H groups in total. The van der Waals surface area contributed by atoms with Crippen molar-refractivity contribution < 1.29 is 14.7 Å². The van der Waals surface area contributed by atoms with E-state index in [2.05, 4.69) is 10.3 Å². The maximum Gasteiger partial charge on any atom is 0.262 e. The van der Waals surface area contributed by atoms with Crippen LogP contribution in [0.2, 0.25) is 0 Å². The average molecular weight is 395 g/mol. The average Bonchev–Trinajstić information content (AvgIpc) is 2.66. The summed E-state index contributed by atoms with van der Waals surface area (Å²) in [4.78, 5) is 39.9. The fourth-order valence-corrected chi connectivity index (χ4v) is 3.43. The Labute approximate surface area is 165 Å². The van der Waals surface area contributed by atoms with Crippen LogP contribution in [-0.2, 0) is 4.79 Å². The summed E-state index contributed by atoms with van der Waals surface area (Å²) in [5, 5.41) is 12.6. The lowest BCUT2D eigenvalue weighted by Gasteiger charge is -2.11. The van der Waals surface area contributed by atoms with Crippen molar-refractivity contribution in [3.8, 4) is 11.6 Å². The number of amides is 1. The zero-order chi connectivity index (χ0) is 20.1. The van der Waals surface area contributed by atoms with Gasteiger partial charge in [0.05, 0.1) is 17.5 Å². The smallest absolute Gasteiger partial charge is 0.262 e. The van der Waals surface area contributed by atoms with Gasteiger partial charge < -0.3 is 10.4 Å². The first kappa shape index (κ1) is 19.4. The minimum atomic E-state index is -0.437. The van der Waals surface area contributed by atoms with Crippen LogP contribution in [0, 0.1) is 0 Å².